The number of nitrogens with zero attached hydrogens (tertiary/aromatic N) is 2. The van der Waals surface area contributed by atoms with Crippen LogP contribution in [-0.2, 0) is 0 Å². The number of nitrogens with two attached hydrogens (primary N) is 1. The van der Waals surface area contributed by atoms with Crippen LogP contribution in [-0.4, -0.2) is 21.0 Å². The van der Waals surface area contributed by atoms with E-state index in [0.717, 1.165) is 0 Å². The van der Waals surface area contributed by atoms with Gasteiger partial charge in [0, 0.05) is 11.8 Å². The maximum atomic E-state index is 10.8. The van der Waals surface area contributed by atoms with Crippen molar-refractivity contribution < 1.29 is 9.90 Å². The van der Waals surface area contributed by atoms with Crippen molar-refractivity contribution in [3.8, 4) is 11.3 Å². The van der Waals surface area contributed by atoms with Gasteiger partial charge in [-0.05, 0) is 18.2 Å². The molecule has 1 aromatic carbocycles. The molecule has 0 unspecified atom stereocenters. The number of aromatic carboxylic acids is 1. The molecule has 16 heavy (non-hydrogen) atoms. The van der Waals surface area contributed by atoms with Crippen LogP contribution in [0.4, 0.5) is 5.95 Å². The lowest BCUT2D eigenvalue weighted by Crippen LogP contribution is -1.98. The zero-order valence-corrected chi connectivity index (χ0v) is 8.29. The first-order valence-corrected chi connectivity index (χ1v) is 4.59. The normalized spacial score (nSPS) is 10.0. The number of nitrogen functional groups attached to an aromatic ring is 1. The summed E-state index contributed by atoms with van der Waals surface area (Å²) in [6.45, 7) is 0. The van der Waals surface area contributed by atoms with E-state index in [2.05, 4.69) is 9.97 Å². The van der Waals surface area contributed by atoms with Gasteiger partial charge in [0.15, 0.2) is 0 Å². The van der Waals surface area contributed by atoms with Gasteiger partial charge in [0.2, 0.25) is 5.95 Å². The Hall–Kier alpha value is -2.43. The Labute approximate surface area is 91.6 Å². The second-order valence-corrected chi connectivity index (χ2v) is 3.19. The van der Waals surface area contributed by atoms with Gasteiger partial charge in [-0.2, -0.15) is 0 Å². The van der Waals surface area contributed by atoms with Crippen LogP contribution < -0.4 is 5.73 Å². The summed E-state index contributed by atoms with van der Waals surface area (Å²) in [5, 5.41) is 8.85. The zero-order valence-electron chi connectivity index (χ0n) is 8.29. The molecule has 0 amide bonds. The second-order valence-electron chi connectivity index (χ2n) is 3.19. The number of anilines is 1. The molecule has 0 aliphatic rings. The van der Waals surface area contributed by atoms with Crippen molar-refractivity contribution in [3.63, 3.8) is 0 Å². The van der Waals surface area contributed by atoms with Gasteiger partial charge in [0.25, 0.3) is 0 Å². The fourth-order valence-corrected chi connectivity index (χ4v) is 1.35. The van der Waals surface area contributed by atoms with Crippen molar-refractivity contribution in [2.45, 2.75) is 0 Å². The molecule has 1 heterocycles. The Bertz CT molecular complexity index is 540. The molecule has 0 radical (unpaired) electrons. The third-order valence-corrected chi connectivity index (χ3v) is 2.08. The van der Waals surface area contributed by atoms with Crippen molar-refractivity contribution in [1.82, 2.24) is 9.97 Å². The molecule has 0 bridgehead atoms. The Balaban J connectivity index is 2.48. The van der Waals surface area contributed by atoms with Crippen molar-refractivity contribution >= 4 is 11.9 Å². The molecule has 80 valence electrons. The van der Waals surface area contributed by atoms with Crippen molar-refractivity contribution in [3.05, 3.63) is 42.1 Å². The monoisotopic (exact) mass is 215 g/mol. The Morgan fingerprint density at radius 3 is 2.81 bits per heavy atom. The molecule has 0 atom stereocenters. The number of carboxylic acid groups (broad SMARTS) is 1. The van der Waals surface area contributed by atoms with E-state index >= 15 is 0 Å². The van der Waals surface area contributed by atoms with Crippen molar-refractivity contribution in [2.24, 2.45) is 0 Å². The Kier molecular flexibility index (Phi) is 2.51. The van der Waals surface area contributed by atoms with Gasteiger partial charge >= 0.3 is 5.97 Å². The fraction of sp³-hybridized carbons (Fsp3) is 0. The van der Waals surface area contributed by atoms with Gasteiger partial charge in [-0.3, -0.25) is 0 Å². The summed E-state index contributed by atoms with van der Waals surface area (Å²) >= 11 is 0. The van der Waals surface area contributed by atoms with Crippen molar-refractivity contribution in [1.29, 1.82) is 0 Å². The third-order valence-electron chi connectivity index (χ3n) is 2.08. The van der Waals surface area contributed by atoms with Crippen LogP contribution >= 0.6 is 0 Å². The van der Waals surface area contributed by atoms with Crippen LogP contribution in [0.2, 0.25) is 0 Å². The first-order valence-electron chi connectivity index (χ1n) is 4.59. The van der Waals surface area contributed by atoms with Gasteiger partial charge in [-0.1, -0.05) is 12.1 Å². The smallest absolute Gasteiger partial charge is 0.335 e. The Morgan fingerprint density at radius 1 is 1.31 bits per heavy atom. The quantitative estimate of drug-likeness (QED) is 0.790. The summed E-state index contributed by atoms with van der Waals surface area (Å²) in [6, 6.07) is 8.18. The molecule has 3 N–H and O–H groups in total. The maximum Gasteiger partial charge on any atom is 0.335 e. The lowest BCUT2D eigenvalue weighted by atomic mass is 10.1. The first-order chi connectivity index (χ1) is 7.66. The lowest BCUT2D eigenvalue weighted by molar-refractivity contribution is 0.0697. The molecule has 0 spiro atoms. The van der Waals surface area contributed by atoms with E-state index in [1.54, 1.807) is 24.3 Å². The van der Waals surface area contributed by atoms with Gasteiger partial charge < -0.3 is 10.8 Å². The highest BCUT2D eigenvalue weighted by Gasteiger charge is 2.05. The van der Waals surface area contributed by atoms with Gasteiger partial charge in [0.1, 0.15) is 0 Å². The van der Waals surface area contributed by atoms with E-state index in [1.165, 1.54) is 12.3 Å². The van der Waals surface area contributed by atoms with E-state index < -0.39 is 5.97 Å². The molecule has 0 aliphatic heterocycles. The summed E-state index contributed by atoms with van der Waals surface area (Å²) in [6.07, 6.45) is 1.53. The van der Waals surface area contributed by atoms with E-state index in [1.807, 2.05) is 0 Å². The van der Waals surface area contributed by atoms with E-state index in [4.69, 9.17) is 10.8 Å². The largest absolute Gasteiger partial charge is 0.478 e. The van der Waals surface area contributed by atoms with Gasteiger partial charge in [-0.15, -0.1) is 0 Å². The summed E-state index contributed by atoms with van der Waals surface area (Å²) in [5.41, 5.74) is 6.98. The van der Waals surface area contributed by atoms with Gasteiger partial charge in [0.05, 0.1) is 11.3 Å². The van der Waals surface area contributed by atoms with Crippen LogP contribution in [0.15, 0.2) is 36.5 Å². The van der Waals surface area contributed by atoms with Crippen LogP contribution in [0.25, 0.3) is 11.3 Å². The zero-order chi connectivity index (χ0) is 11.5. The highest BCUT2D eigenvalue weighted by Crippen LogP contribution is 2.18. The molecule has 0 aliphatic carbocycles. The molecule has 0 fully saturated rings. The summed E-state index contributed by atoms with van der Waals surface area (Å²) in [4.78, 5) is 18.6. The number of carboxylic acids is 1. The SMILES string of the molecule is Nc1nccc(-c2cccc(C(=O)O)c2)n1. The van der Waals surface area contributed by atoms with Crippen LogP contribution in [0.1, 0.15) is 10.4 Å². The maximum absolute atomic E-state index is 10.8. The minimum atomic E-state index is -0.969. The minimum absolute atomic E-state index is 0.165. The molecular weight excluding hydrogens is 206 g/mol. The Morgan fingerprint density at radius 2 is 2.12 bits per heavy atom. The van der Waals surface area contributed by atoms with Crippen LogP contribution in [0.5, 0.6) is 0 Å². The standard InChI is InChI=1S/C11H9N3O2/c12-11-13-5-4-9(14-11)7-2-1-3-8(6-7)10(15)16/h1-6H,(H,15,16)(H2,12,13,14). The minimum Gasteiger partial charge on any atom is -0.478 e. The predicted molar refractivity (Wildman–Crippen MR) is 58.8 cm³/mol. The topological polar surface area (TPSA) is 89.1 Å². The highest BCUT2D eigenvalue weighted by molar-refractivity contribution is 5.89. The number of hydrogen-bond donors (Lipinski definition) is 2. The van der Waals surface area contributed by atoms with E-state index in [9.17, 15) is 4.79 Å². The molecule has 5 nitrogen and oxygen atoms in total. The summed E-state index contributed by atoms with van der Waals surface area (Å²) in [5.74, 6) is -0.804. The summed E-state index contributed by atoms with van der Waals surface area (Å²) < 4.78 is 0. The number of carbonyl (C=O) groups is 1. The molecule has 2 rings (SSSR count). The first kappa shape index (κ1) is 10.1. The number of rotatable bonds is 2. The third kappa shape index (κ3) is 1.98. The molecule has 1 aromatic heterocycles. The lowest BCUT2D eigenvalue weighted by Gasteiger charge is -2.02. The summed E-state index contributed by atoms with van der Waals surface area (Å²) in [7, 11) is 0. The van der Waals surface area contributed by atoms with Crippen LogP contribution in [0.3, 0.4) is 0 Å². The average molecular weight is 215 g/mol. The van der Waals surface area contributed by atoms with E-state index in [-0.39, 0.29) is 11.5 Å². The molecule has 5 heteroatoms. The van der Waals surface area contributed by atoms with Gasteiger partial charge in [-0.25, -0.2) is 14.8 Å². The molecule has 0 saturated carbocycles. The number of aromatic nitrogens is 2. The second kappa shape index (κ2) is 3.98. The number of hydrogen-bond acceptors (Lipinski definition) is 4. The number of benzene rings is 1. The molecule has 2 aromatic rings. The van der Waals surface area contributed by atoms with E-state index in [0.29, 0.717) is 11.3 Å². The predicted octanol–water partition coefficient (Wildman–Crippen LogP) is 1.42. The average Bonchev–Trinajstić information content (AvgIpc) is 2.29. The molecular formula is C11H9N3O2. The highest BCUT2D eigenvalue weighted by atomic mass is 16.4. The van der Waals surface area contributed by atoms with Crippen molar-refractivity contribution in [2.75, 3.05) is 5.73 Å². The fourth-order valence-electron chi connectivity index (χ4n) is 1.35. The van der Waals surface area contributed by atoms with Crippen LogP contribution in [0, 0.1) is 0 Å². The molecule has 0 saturated heterocycles.